The number of hydrogen-bond acceptors (Lipinski definition) is 3. The number of hydrogen-bond donors (Lipinski definition) is 0. The van der Waals surface area contributed by atoms with Gasteiger partial charge >= 0.3 is 0 Å². The summed E-state index contributed by atoms with van der Waals surface area (Å²) in [5, 5.41) is 2.04. The van der Waals surface area contributed by atoms with Crippen LogP contribution in [0.4, 0.5) is 0 Å². The monoisotopic (exact) mass is 237 g/mol. The molecule has 2 rings (SSSR count). The first-order valence-corrected chi connectivity index (χ1v) is 6.24. The van der Waals surface area contributed by atoms with Crippen molar-refractivity contribution in [1.29, 1.82) is 0 Å². The number of nitrogens with zero attached hydrogens (tertiary/aromatic N) is 1. The van der Waals surface area contributed by atoms with E-state index in [4.69, 9.17) is 4.74 Å². The lowest BCUT2D eigenvalue weighted by atomic mass is 10.2. The molecule has 1 aliphatic rings. The molecule has 1 amide bonds. The van der Waals surface area contributed by atoms with Crippen molar-refractivity contribution in [2.24, 2.45) is 0 Å². The molecule has 1 aliphatic heterocycles. The molecule has 0 aromatic carbocycles. The summed E-state index contributed by atoms with van der Waals surface area (Å²) in [5.41, 5.74) is 1.22. The summed E-state index contributed by atoms with van der Waals surface area (Å²) < 4.78 is 5.20. The normalized spacial score (nSPS) is 16.9. The second-order valence-corrected chi connectivity index (χ2v) is 4.69. The maximum absolute atomic E-state index is 11.8. The molecule has 1 fully saturated rings. The van der Waals surface area contributed by atoms with Gasteiger partial charge in [-0.15, -0.1) is 11.3 Å². The minimum atomic E-state index is 0.0797. The van der Waals surface area contributed by atoms with Crippen LogP contribution in [0.5, 0.6) is 0 Å². The Labute approximate surface area is 99.3 Å². The van der Waals surface area contributed by atoms with Gasteiger partial charge in [-0.3, -0.25) is 4.79 Å². The lowest BCUT2D eigenvalue weighted by molar-refractivity contribution is -0.129. The van der Waals surface area contributed by atoms with E-state index in [1.165, 1.54) is 5.56 Å². The van der Waals surface area contributed by atoms with Crippen LogP contribution in [0.25, 0.3) is 6.08 Å². The second kappa shape index (κ2) is 5.27. The van der Waals surface area contributed by atoms with Crippen LogP contribution < -0.4 is 0 Å². The Kier molecular flexibility index (Phi) is 3.74. The zero-order chi connectivity index (χ0) is 11.4. The van der Waals surface area contributed by atoms with E-state index in [9.17, 15) is 4.79 Å². The van der Waals surface area contributed by atoms with Gasteiger partial charge in [-0.05, 0) is 30.0 Å². The summed E-state index contributed by atoms with van der Waals surface area (Å²) in [5.74, 6) is 0.0797. The Morgan fingerprint density at radius 1 is 1.50 bits per heavy atom. The van der Waals surface area contributed by atoms with Crippen LogP contribution in [-0.2, 0) is 9.53 Å². The molecule has 0 unspecified atom stereocenters. The summed E-state index contributed by atoms with van der Waals surface area (Å²) in [6.45, 7) is 4.75. The molecule has 0 aliphatic carbocycles. The summed E-state index contributed by atoms with van der Waals surface area (Å²) in [7, 11) is 0. The fraction of sp³-hybridized carbons (Fsp3) is 0.417. The number of amides is 1. The number of carbonyl (C=O) groups is 1. The molecule has 3 nitrogen and oxygen atoms in total. The van der Waals surface area contributed by atoms with Crippen LogP contribution in [0.2, 0.25) is 0 Å². The number of rotatable bonds is 2. The van der Waals surface area contributed by atoms with Crippen molar-refractivity contribution in [3.05, 3.63) is 28.0 Å². The van der Waals surface area contributed by atoms with Gasteiger partial charge < -0.3 is 9.64 Å². The van der Waals surface area contributed by atoms with Gasteiger partial charge in [0.2, 0.25) is 5.91 Å². The van der Waals surface area contributed by atoms with Gasteiger partial charge in [0.25, 0.3) is 0 Å². The predicted octanol–water partition coefficient (Wildman–Crippen LogP) is 1.93. The quantitative estimate of drug-likeness (QED) is 0.736. The zero-order valence-electron chi connectivity index (χ0n) is 9.31. The smallest absolute Gasteiger partial charge is 0.246 e. The third kappa shape index (κ3) is 2.71. The molecule has 0 bridgehead atoms. The lowest BCUT2D eigenvalue weighted by Gasteiger charge is -2.25. The zero-order valence-corrected chi connectivity index (χ0v) is 10.1. The van der Waals surface area contributed by atoms with E-state index in [2.05, 4.69) is 13.0 Å². The molecule has 4 heteroatoms. The number of thiophene rings is 1. The highest BCUT2D eigenvalue weighted by atomic mass is 32.1. The van der Waals surface area contributed by atoms with Crippen molar-refractivity contribution in [1.82, 2.24) is 4.90 Å². The van der Waals surface area contributed by atoms with Crippen LogP contribution >= 0.6 is 11.3 Å². The largest absolute Gasteiger partial charge is 0.378 e. The average molecular weight is 237 g/mol. The molecular weight excluding hydrogens is 222 g/mol. The molecule has 1 aromatic heterocycles. The Bertz CT molecular complexity index is 391. The molecule has 86 valence electrons. The van der Waals surface area contributed by atoms with Crippen molar-refractivity contribution in [3.8, 4) is 0 Å². The third-order valence-electron chi connectivity index (χ3n) is 2.60. The first kappa shape index (κ1) is 11.4. The maximum atomic E-state index is 11.8. The molecule has 16 heavy (non-hydrogen) atoms. The number of carbonyl (C=O) groups excluding carboxylic acids is 1. The molecule has 1 aromatic rings. The van der Waals surface area contributed by atoms with Crippen molar-refractivity contribution in [2.75, 3.05) is 26.3 Å². The molecule has 0 saturated carbocycles. The minimum absolute atomic E-state index is 0.0797. The Morgan fingerprint density at radius 3 is 2.88 bits per heavy atom. The first-order valence-electron chi connectivity index (χ1n) is 5.36. The second-order valence-electron chi connectivity index (χ2n) is 3.74. The number of morpholine rings is 1. The molecule has 0 N–H and O–H groups in total. The van der Waals surface area contributed by atoms with Gasteiger partial charge in [-0.2, -0.15) is 0 Å². The van der Waals surface area contributed by atoms with Gasteiger partial charge in [0.1, 0.15) is 0 Å². The highest BCUT2D eigenvalue weighted by molar-refractivity contribution is 7.11. The van der Waals surface area contributed by atoms with Crippen LogP contribution in [0.15, 0.2) is 17.5 Å². The van der Waals surface area contributed by atoms with Gasteiger partial charge in [0, 0.05) is 24.0 Å². The van der Waals surface area contributed by atoms with Gasteiger partial charge in [0.05, 0.1) is 13.2 Å². The minimum Gasteiger partial charge on any atom is -0.378 e. The Morgan fingerprint density at radius 2 is 2.25 bits per heavy atom. The summed E-state index contributed by atoms with van der Waals surface area (Å²) >= 11 is 1.66. The van der Waals surface area contributed by atoms with Crippen LogP contribution in [0, 0.1) is 6.92 Å². The number of aryl methyl sites for hydroxylation is 1. The van der Waals surface area contributed by atoms with E-state index >= 15 is 0 Å². The van der Waals surface area contributed by atoms with Gasteiger partial charge in [-0.1, -0.05) is 0 Å². The Balaban J connectivity index is 1.96. The lowest BCUT2D eigenvalue weighted by Crippen LogP contribution is -2.39. The van der Waals surface area contributed by atoms with Crippen molar-refractivity contribution >= 4 is 23.3 Å². The topological polar surface area (TPSA) is 29.5 Å². The average Bonchev–Trinajstić information content (AvgIpc) is 2.73. The van der Waals surface area contributed by atoms with E-state index in [1.807, 2.05) is 16.4 Å². The van der Waals surface area contributed by atoms with E-state index in [0.717, 1.165) is 4.88 Å². The highest BCUT2D eigenvalue weighted by Crippen LogP contribution is 2.17. The van der Waals surface area contributed by atoms with Gasteiger partial charge in [0.15, 0.2) is 0 Å². The molecule has 2 heterocycles. The van der Waals surface area contributed by atoms with Crippen LogP contribution in [0.3, 0.4) is 0 Å². The molecule has 0 spiro atoms. The van der Waals surface area contributed by atoms with Crippen molar-refractivity contribution in [2.45, 2.75) is 6.92 Å². The van der Waals surface area contributed by atoms with E-state index in [-0.39, 0.29) is 5.91 Å². The first-order chi connectivity index (χ1) is 7.77. The van der Waals surface area contributed by atoms with Crippen LogP contribution in [0.1, 0.15) is 10.4 Å². The fourth-order valence-corrected chi connectivity index (χ4v) is 2.41. The third-order valence-corrected chi connectivity index (χ3v) is 3.59. The van der Waals surface area contributed by atoms with Gasteiger partial charge in [-0.25, -0.2) is 0 Å². The molecular formula is C12H15NO2S. The van der Waals surface area contributed by atoms with E-state index in [1.54, 1.807) is 17.4 Å². The highest BCUT2D eigenvalue weighted by Gasteiger charge is 2.13. The van der Waals surface area contributed by atoms with Crippen molar-refractivity contribution in [3.63, 3.8) is 0 Å². The summed E-state index contributed by atoms with van der Waals surface area (Å²) in [6.07, 6.45) is 3.56. The maximum Gasteiger partial charge on any atom is 0.246 e. The molecule has 0 radical (unpaired) electrons. The SMILES string of the molecule is Cc1ccsc1C=CC(=O)N1CCOCC1. The number of ether oxygens (including phenoxy) is 1. The summed E-state index contributed by atoms with van der Waals surface area (Å²) in [4.78, 5) is 14.8. The van der Waals surface area contributed by atoms with Crippen LogP contribution in [-0.4, -0.2) is 37.1 Å². The van der Waals surface area contributed by atoms with E-state index in [0.29, 0.717) is 26.3 Å². The van der Waals surface area contributed by atoms with E-state index < -0.39 is 0 Å². The predicted molar refractivity (Wildman–Crippen MR) is 65.5 cm³/mol. The molecule has 1 saturated heterocycles. The Hall–Kier alpha value is -1.13. The summed E-state index contributed by atoms with van der Waals surface area (Å²) in [6, 6.07) is 2.06. The van der Waals surface area contributed by atoms with Crippen molar-refractivity contribution < 1.29 is 9.53 Å². The standard InChI is InChI=1S/C12H15NO2S/c1-10-4-9-16-11(10)2-3-12(14)13-5-7-15-8-6-13/h2-4,9H,5-8H2,1H3. The molecule has 0 atom stereocenters. The fourth-order valence-electron chi connectivity index (χ4n) is 1.59.